The summed E-state index contributed by atoms with van der Waals surface area (Å²) in [5.74, 6) is 0. The Morgan fingerprint density at radius 1 is 1.20 bits per heavy atom. The SMILES string of the molecule is C[N-]C.Cl.[Mo]. The van der Waals surface area contributed by atoms with Gasteiger partial charge in [-0.2, -0.15) is 14.1 Å². The molecule has 0 aliphatic heterocycles. The molecule has 3 heteroatoms. The fourth-order valence-electron chi connectivity index (χ4n) is 0. The maximum Gasteiger partial charge on any atom is 0 e. The van der Waals surface area contributed by atoms with E-state index < -0.39 is 0 Å². The smallest absolute Gasteiger partial charge is 0 e. The monoisotopic (exact) mass is 178 g/mol. The van der Waals surface area contributed by atoms with Gasteiger partial charge in [-0.25, -0.2) is 0 Å². The van der Waals surface area contributed by atoms with E-state index in [9.17, 15) is 0 Å². The Morgan fingerprint density at radius 3 is 1.20 bits per heavy atom. The minimum Gasteiger partial charge on any atom is -0.668 e. The summed E-state index contributed by atoms with van der Waals surface area (Å²) in [5, 5.41) is 3.50. The zero-order valence-corrected chi connectivity index (χ0v) is 6.09. The quantitative estimate of drug-likeness (QED) is 0.490. The summed E-state index contributed by atoms with van der Waals surface area (Å²) in [6, 6.07) is 0. The normalized spacial score (nSPS) is 3.60. The minimum atomic E-state index is 0. The Hall–Kier alpha value is 0.938. The second kappa shape index (κ2) is 20.4. The average molecular weight is 176 g/mol. The van der Waals surface area contributed by atoms with Gasteiger partial charge in [0.2, 0.25) is 0 Å². The average Bonchev–Trinajstić information content (AvgIpc) is 0.918. The van der Waals surface area contributed by atoms with Crippen molar-refractivity contribution < 1.29 is 21.1 Å². The van der Waals surface area contributed by atoms with E-state index in [1.54, 1.807) is 14.1 Å². The minimum absolute atomic E-state index is 0. The van der Waals surface area contributed by atoms with E-state index in [0.717, 1.165) is 0 Å². The summed E-state index contributed by atoms with van der Waals surface area (Å²) in [6.45, 7) is 0. The zero-order valence-electron chi connectivity index (χ0n) is 3.26. The Bertz CT molecular complexity index is 9.61. The molecule has 0 saturated carbocycles. The van der Waals surface area contributed by atoms with E-state index in [0.29, 0.717) is 0 Å². The van der Waals surface area contributed by atoms with Crippen LogP contribution in [0.2, 0.25) is 0 Å². The molecule has 0 N–H and O–H groups in total. The molecule has 0 amide bonds. The first-order valence-corrected chi connectivity index (χ1v) is 0.894. The largest absolute Gasteiger partial charge is 0.668 e. The molecule has 0 aromatic heterocycles. The molecular weight excluding hydrogens is 169 g/mol. The summed E-state index contributed by atoms with van der Waals surface area (Å²) in [7, 11) is 3.50. The molecule has 0 aliphatic carbocycles. The second-order valence-electron chi connectivity index (χ2n) is 0.447. The summed E-state index contributed by atoms with van der Waals surface area (Å²) < 4.78 is 0. The Morgan fingerprint density at radius 2 is 1.20 bits per heavy atom. The first-order chi connectivity index (χ1) is 1.41. The molecule has 0 atom stereocenters. The molecule has 0 saturated heterocycles. The molecule has 0 aromatic rings. The van der Waals surface area contributed by atoms with Gasteiger partial charge in [-0.15, -0.1) is 12.4 Å². The van der Waals surface area contributed by atoms with Crippen molar-refractivity contribution >= 4 is 12.4 Å². The Kier molecular flexibility index (Phi) is 68.4. The van der Waals surface area contributed by atoms with Crippen LogP contribution < -0.4 is 0 Å². The van der Waals surface area contributed by atoms with Crippen molar-refractivity contribution in [3.8, 4) is 0 Å². The van der Waals surface area contributed by atoms with Gasteiger partial charge in [0.05, 0.1) is 0 Å². The van der Waals surface area contributed by atoms with Crippen LogP contribution in [0, 0.1) is 0 Å². The molecule has 0 heterocycles. The van der Waals surface area contributed by atoms with E-state index in [1.807, 2.05) is 0 Å². The van der Waals surface area contributed by atoms with E-state index in [-0.39, 0.29) is 33.5 Å². The van der Waals surface area contributed by atoms with Crippen molar-refractivity contribution in [2.45, 2.75) is 0 Å². The van der Waals surface area contributed by atoms with Gasteiger partial charge in [0.25, 0.3) is 0 Å². The predicted octanol–water partition coefficient (Wildman–Crippen LogP) is 1.04. The van der Waals surface area contributed by atoms with Gasteiger partial charge in [-0.3, -0.25) is 0 Å². The molecule has 0 aliphatic rings. The molecule has 0 bridgehead atoms. The van der Waals surface area contributed by atoms with Crippen LogP contribution in [-0.2, 0) is 21.1 Å². The first-order valence-electron chi connectivity index (χ1n) is 0.894. The molecule has 0 spiro atoms. The predicted molar refractivity (Wildman–Crippen MR) is 22.5 cm³/mol. The van der Waals surface area contributed by atoms with E-state index in [1.165, 1.54) is 0 Å². The molecule has 5 heavy (non-hydrogen) atoms. The van der Waals surface area contributed by atoms with Crippen LogP contribution in [0.3, 0.4) is 0 Å². The van der Waals surface area contributed by atoms with Crippen LogP contribution in [0.5, 0.6) is 0 Å². The fraction of sp³-hybridized carbons (Fsp3) is 1.00. The van der Waals surface area contributed by atoms with Gasteiger partial charge in [0.1, 0.15) is 0 Å². The zero-order chi connectivity index (χ0) is 2.71. The second-order valence-corrected chi connectivity index (χ2v) is 0.447. The summed E-state index contributed by atoms with van der Waals surface area (Å²) in [4.78, 5) is 0. The maximum atomic E-state index is 3.50. The van der Waals surface area contributed by atoms with Crippen molar-refractivity contribution in [1.82, 2.24) is 0 Å². The van der Waals surface area contributed by atoms with E-state index >= 15 is 0 Å². The van der Waals surface area contributed by atoms with Crippen LogP contribution in [0.15, 0.2) is 0 Å². The van der Waals surface area contributed by atoms with E-state index in [2.05, 4.69) is 5.32 Å². The molecule has 0 radical (unpaired) electrons. The van der Waals surface area contributed by atoms with Crippen molar-refractivity contribution in [2.75, 3.05) is 14.1 Å². The van der Waals surface area contributed by atoms with E-state index in [4.69, 9.17) is 0 Å². The van der Waals surface area contributed by atoms with Crippen molar-refractivity contribution in [3.63, 3.8) is 0 Å². The molecule has 1 nitrogen and oxygen atoms in total. The number of hydrogen-bond acceptors (Lipinski definition) is 0. The van der Waals surface area contributed by atoms with Gasteiger partial charge in [0.15, 0.2) is 0 Å². The first kappa shape index (κ1) is 16.8. The summed E-state index contributed by atoms with van der Waals surface area (Å²) in [6.07, 6.45) is 0. The van der Waals surface area contributed by atoms with Crippen LogP contribution in [0.4, 0.5) is 0 Å². The van der Waals surface area contributed by atoms with Gasteiger partial charge < -0.3 is 5.32 Å². The fourth-order valence-corrected chi connectivity index (χ4v) is 0. The topological polar surface area (TPSA) is 14.1 Å². The number of rotatable bonds is 0. The Balaban J connectivity index is -0.0000000200. The van der Waals surface area contributed by atoms with Gasteiger partial charge >= 0.3 is 0 Å². The molecule has 0 unspecified atom stereocenters. The van der Waals surface area contributed by atoms with Crippen LogP contribution in [0.25, 0.3) is 5.32 Å². The molecular formula is C2H7ClMoN-. The molecule has 0 fully saturated rings. The third-order valence-corrected chi connectivity index (χ3v) is 0. The van der Waals surface area contributed by atoms with Gasteiger partial charge in [-0.1, -0.05) is 0 Å². The standard InChI is InChI=1S/C2H6N.ClH.Mo/c1-3-2;;/h1-2H3;1H;/q-1;;. The number of halogens is 1. The third-order valence-electron chi connectivity index (χ3n) is 0. The number of hydrogen-bond donors (Lipinski definition) is 0. The summed E-state index contributed by atoms with van der Waals surface area (Å²) >= 11 is 0. The Labute approximate surface area is 53.2 Å². The van der Waals surface area contributed by atoms with Crippen molar-refractivity contribution in [2.24, 2.45) is 0 Å². The van der Waals surface area contributed by atoms with Crippen LogP contribution >= 0.6 is 12.4 Å². The molecule has 34 valence electrons. The maximum absolute atomic E-state index is 3.50. The summed E-state index contributed by atoms with van der Waals surface area (Å²) in [5.41, 5.74) is 0. The third kappa shape index (κ3) is 48.4. The number of nitrogens with zero attached hydrogens (tertiary/aromatic N) is 1. The van der Waals surface area contributed by atoms with Gasteiger partial charge in [0, 0.05) is 21.1 Å². The van der Waals surface area contributed by atoms with Crippen LogP contribution in [-0.4, -0.2) is 14.1 Å². The van der Waals surface area contributed by atoms with Crippen molar-refractivity contribution in [3.05, 3.63) is 5.32 Å². The van der Waals surface area contributed by atoms with Crippen LogP contribution in [0.1, 0.15) is 0 Å². The molecule has 0 aromatic carbocycles. The van der Waals surface area contributed by atoms with Gasteiger partial charge in [-0.05, 0) is 0 Å². The van der Waals surface area contributed by atoms with Crippen molar-refractivity contribution in [1.29, 1.82) is 0 Å². The molecule has 0 rings (SSSR count).